The Morgan fingerprint density at radius 3 is 2.62 bits per heavy atom. The topological polar surface area (TPSA) is 34.1 Å². The summed E-state index contributed by atoms with van der Waals surface area (Å²) in [5.74, 6) is 0. The van der Waals surface area contributed by atoms with Crippen molar-refractivity contribution >= 4 is 11.3 Å². The molecule has 0 spiro atoms. The van der Waals surface area contributed by atoms with Gasteiger partial charge in [0.1, 0.15) is 11.1 Å². The summed E-state index contributed by atoms with van der Waals surface area (Å²) in [6.45, 7) is 9.40. The Bertz CT molecular complexity index is 319. The minimum atomic E-state index is 0.150. The van der Waals surface area contributed by atoms with Gasteiger partial charge in [0.05, 0.1) is 5.69 Å². The first-order valence-electron chi connectivity index (χ1n) is 5.80. The van der Waals surface area contributed by atoms with Gasteiger partial charge in [-0.1, -0.05) is 20.8 Å². The van der Waals surface area contributed by atoms with E-state index in [4.69, 9.17) is 4.74 Å². The van der Waals surface area contributed by atoms with Crippen LogP contribution in [0.25, 0.3) is 0 Å². The molecule has 0 aliphatic rings. The van der Waals surface area contributed by atoms with Crippen LogP contribution < -0.4 is 5.32 Å². The second kappa shape index (κ2) is 6.33. The molecule has 1 rings (SSSR count). The van der Waals surface area contributed by atoms with Crippen LogP contribution in [-0.2, 0) is 11.3 Å². The van der Waals surface area contributed by atoms with Crippen molar-refractivity contribution in [1.29, 1.82) is 0 Å². The smallest absolute Gasteiger partial charge is 0.122 e. The van der Waals surface area contributed by atoms with Gasteiger partial charge in [0.15, 0.2) is 0 Å². The Kier molecular flexibility index (Phi) is 5.38. The van der Waals surface area contributed by atoms with Crippen LogP contribution in [-0.4, -0.2) is 18.1 Å². The number of nitrogens with zero attached hydrogens (tertiary/aromatic N) is 1. The van der Waals surface area contributed by atoms with Crippen LogP contribution in [0, 0.1) is 6.92 Å². The van der Waals surface area contributed by atoms with Gasteiger partial charge >= 0.3 is 0 Å². The highest BCUT2D eigenvalue weighted by molar-refractivity contribution is 7.11. The first-order valence-corrected chi connectivity index (χ1v) is 6.62. The summed E-state index contributed by atoms with van der Waals surface area (Å²) < 4.78 is 5.41. The molecule has 4 heteroatoms. The maximum Gasteiger partial charge on any atom is 0.122 e. The first kappa shape index (κ1) is 13.6. The molecule has 0 aliphatic carbocycles. The number of methoxy groups -OCH3 is 1. The third kappa shape index (κ3) is 3.54. The maximum absolute atomic E-state index is 5.41. The molecular formula is C12H22N2OS. The van der Waals surface area contributed by atoms with E-state index in [9.17, 15) is 0 Å². The number of hydrogen-bond donors (Lipinski definition) is 1. The number of hydrogen-bond acceptors (Lipinski definition) is 4. The lowest BCUT2D eigenvalue weighted by atomic mass is 10.3. The van der Waals surface area contributed by atoms with Crippen LogP contribution in [0.1, 0.15) is 48.9 Å². The van der Waals surface area contributed by atoms with Crippen molar-refractivity contribution < 1.29 is 4.74 Å². The molecule has 1 unspecified atom stereocenters. The Balaban J connectivity index is 2.72. The lowest BCUT2D eigenvalue weighted by Crippen LogP contribution is -2.21. The average Bonchev–Trinajstić information content (AvgIpc) is 2.59. The molecule has 92 valence electrons. The zero-order valence-electron chi connectivity index (χ0n) is 10.8. The minimum Gasteiger partial charge on any atom is -0.374 e. The van der Waals surface area contributed by atoms with E-state index in [0.717, 1.165) is 23.7 Å². The highest BCUT2D eigenvalue weighted by Crippen LogP contribution is 2.27. The normalized spacial score (nSPS) is 13.4. The zero-order valence-corrected chi connectivity index (χ0v) is 11.6. The van der Waals surface area contributed by atoms with Crippen LogP contribution >= 0.6 is 11.3 Å². The summed E-state index contributed by atoms with van der Waals surface area (Å²) in [4.78, 5) is 5.90. The van der Waals surface area contributed by atoms with Crippen molar-refractivity contribution in [3.05, 3.63) is 15.6 Å². The average molecular weight is 242 g/mol. The Hall–Kier alpha value is -0.450. The van der Waals surface area contributed by atoms with Gasteiger partial charge in [-0.3, -0.25) is 0 Å². The van der Waals surface area contributed by atoms with Crippen molar-refractivity contribution in [2.75, 3.05) is 7.11 Å². The van der Waals surface area contributed by atoms with E-state index in [1.165, 1.54) is 4.88 Å². The molecule has 3 nitrogen and oxygen atoms in total. The van der Waals surface area contributed by atoms with E-state index >= 15 is 0 Å². The molecular weight excluding hydrogens is 220 g/mol. The lowest BCUT2D eigenvalue weighted by molar-refractivity contribution is 0.0997. The number of nitrogens with one attached hydrogen (secondary N) is 1. The third-order valence-corrected chi connectivity index (χ3v) is 3.76. The molecule has 1 aromatic heterocycles. The SMILES string of the molecule is CCC(OC)c1nc(C)c(CNC(C)C)s1. The summed E-state index contributed by atoms with van der Waals surface area (Å²) in [5, 5.41) is 4.52. The highest BCUT2D eigenvalue weighted by atomic mass is 32.1. The maximum atomic E-state index is 5.41. The van der Waals surface area contributed by atoms with Crippen molar-refractivity contribution in [2.45, 2.75) is 52.8 Å². The van der Waals surface area contributed by atoms with Crippen LogP contribution in [0.2, 0.25) is 0 Å². The van der Waals surface area contributed by atoms with E-state index in [1.54, 1.807) is 18.4 Å². The van der Waals surface area contributed by atoms with Crippen molar-refractivity contribution in [3.8, 4) is 0 Å². The fraction of sp³-hybridized carbons (Fsp3) is 0.750. The largest absolute Gasteiger partial charge is 0.374 e. The van der Waals surface area contributed by atoms with Crippen LogP contribution in [0.3, 0.4) is 0 Å². The molecule has 0 bridgehead atoms. The number of ether oxygens (including phenoxy) is 1. The van der Waals surface area contributed by atoms with Crippen LogP contribution in [0.15, 0.2) is 0 Å². The molecule has 16 heavy (non-hydrogen) atoms. The Morgan fingerprint density at radius 2 is 2.12 bits per heavy atom. The number of aromatic nitrogens is 1. The molecule has 1 atom stereocenters. The number of thiazole rings is 1. The van der Waals surface area contributed by atoms with E-state index in [2.05, 4.69) is 38.0 Å². The number of aryl methyl sites for hydroxylation is 1. The minimum absolute atomic E-state index is 0.150. The van der Waals surface area contributed by atoms with Crippen molar-refractivity contribution in [1.82, 2.24) is 10.3 Å². The summed E-state index contributed by atoms with van der Waals surface area (Å²) in [6, 6.07) is 0.509. The van der Waals surface area contributed by atoms with Gasteiger partial charge in [0.25, 0.3) is 0 Å². The second-order valence-electron chi connectivity index (χ2n) is 4.23. The molecule has 1 N–H and O–H groups in total. The molecule has 1 heterocycles. The van der Waals surface area contributed by atoms with Gasteiger partial charge in [-0.25, -0.2) is 4.98 Å². The zero-order chi connectivity index (χ0) is 12.1. The van der Waals surface area contributed by atoms with E-state index in [-0.39, 0.29) is 6.10 Å². The molecule has 0 radical (unpaired) electrons. The monoisotopic (exact) mass is 242 g/mol. The Labute approximate surface area is 102 Å². The molecule has 0 saturated heterocycles. The van der Waals surface area contributed by atoms with Crippen LogP contribution in [0.4, 0.5) is 0 Å². The van der Waals surface area contributed by atoms with Crippen LogP contribution in [0.5, 0.6) is 0 Å². The standard InChI is InChI=1S/C12H22N2OS/c1-6-10(15-5)12-14-9(4)11(16-12)7-13-8(2)3/h8,10,13H,6-7H2,1-5H3. The van der Waals surface area contributed by atoms with Gasteiger partial charge in [-0.15, -0.1) is 11.3 Å². The molecule has 0 fully saturated rings. The molecule has 0 saturated carbocycles. The summed E-state index contributed by atoms with van der Waals surface area (Å²) in [7, 11) is 1.75. The molecule has 0 aliphatic heterocycles. The fourth-order valence-corrected chi connectivity index (χ4v) is 2.67. The Morgan fingerprint density at radius 1 is 1.44 bits per heavy atom. The van der Waals surface area contributed by atoms with Gasteiger partial charge in [0, 0.05) is 24.6 Å². The van der Waals surface area contributed by atoms with Gasteiger partial charge < -0.3 is 10.1 Å². The predicted octanol–water partition coefficient (Wildman–Crippen LogP) is 3.05. The predicted molar refractivity (Wildman–Crippen MR) is 68.9 cm³/mol. The first-order chi connectivity index (χ1) is 7.58. The highest BCUT2D eigenvalue weighted by Gasteiger charge is 2.15. The van der Waals surface area contributed by atoms with Gasteiger partial charge in [-0.2, -0.15) is 0 Å². The number of rotatable bonds is 6. The summed E-state index contributed by atoms with van der Waals surface area (Å²) >= 11 is 1.76. The third-order valence-electron chi connectivity index (χ3n) is 2.51. The molecule has 1 aromatic rings. The van der Waals surface area contributed by atoms with Gasteiger partial charge in [0.2, 0.25) is 0 Å². The van der Waals surface area contributed by atoms with Crippen molar-refractivity contribution in [3.63, 3.8) is 0 Å². The quantitative estimate of drug-likeness (QED) is 0.832. The molecule has 0 amide bonds. The van der Waals surface area contributed by atoms with E-state index in [1.807, 2.05) is 0 Å². The molecule has 0 aromatic carbocycles. The van der Waals surface area contributed by atoms with Crippen molar-refractivity contribution in [2.24, 2.45) is 0 Å². The van der Waals surface area contributed by atoms with E-state index < -0.39 is 0 Å². The van der Waals surface area contributed by atoms with Gasteiger partial charge in [-0.05, 0) is 13.3 Å². The summed E-state index contributed by atoms with van der Waals surface area (Å²) in [6.07, 6.45) is 1.12. The lowest BCUT2D eigenvalue weighted by Gasteiger charge is -2.08. The summed E-state index contributed by atoms with van der Waals surface area (Å²) in [5.41, 5.74) is 1.13. The fourth-order valence-electron chi connectivity index (χ4n) is 1.49. The van der Waals surface area contributed by atoms with E-state index in [0.29, 0.717) is 6.04 Å². The second-order valence-corrected chi connectivity index (χ2v) is 5.34.